The van der Waals surface area contributed by atoms with Crippen LogP contribution < -0.4 is 10.6 Å². The fraction of sp³-hybridized carbons (Fsp3) is 0.200. The number of fused-ring (bicyclic) bond motifs is 1. The lowest BCUT2D eigenvalue weighted by molar-refractivity contribution is -0.122. The second kappa shape index (κ2) is 9.83. The molecule has 4 aromatic rings. The Bertz CT molecular complexity index is 1300. The van der Waals surface area contributed by atoms with Crippen molar-refractivity contribution in [3.63, 3.8) is 0 Å². The molecule has 1 atom stereocenters. The molecule has 4 rings (SSSR count). The third kappa shape index (κ3) is 4.88. The minimum absolute atomic E-state index is 0.242. The number of carbonyl (C=O) groups excluding carboxylic acids is 2. The number of pyridine rings is 1. The molecule has 8 heteroatoms. The summed E-state index contributed by atoms with van der Waals surface area (Å²) in [5.74, 6) is -0.607. The number of amides is 2. The first-order valence-corrected chi connectivity index (χ1v) is 11.1. The summed E-state index contributed by atoms with van der Waals surface area (Å²) in [6.45, 7) is 4.38. The average molecular weight is 462 g/mol. The van der Waals surface area contributed by atoms with Gasteiger partial charge in [0.25, 0.3) is 5.91 Å². The monoisotopic (exact) mass is 461 g/mol. The van der Waals surface area contributed by atoms with E-state index >= 15 is 0 Å². The highest BCUT2D eigenvalue weighted by Crippen LogP contribution is 2.26. The maximum absolute atomic E-state index is 13.2. The lowest BCUT2D eigenvalue weighted by Crippen LogP contribution is -2.44. The van der Waals surface area contributed by atoms with Crippen LogP contribution >= 0.6 is 11.6 Å². The Morgan fingerprint density at radius 1 is 1.09 bits per heavy atom. The molecule has 0 saturated carbocycles. The standard InChI is InChI=1S/C25H24ClN5O2/c1-3-27-24(32)16(2)29-25(33)19-13-22(17-9-5-4-6-10-17)30-23-20(19)14-28-31(23)15-18-11-7-8-12-21(18)26/h4-14,16H,3,15H2,1-2H3,(H,27,32)(H,29,33)/t16-/m1/s1. The van der Waals surface area contributed by atoms with Crippen LogP contribution in [0.5, 0.6) is 0 Å². The summed E-state index contributed by atoms with van der Waals surface area (Å²) in [6.07, 6.45) is 1.62. The van der Waals surface area contributed by atoms with E-state index < -0.39 is 6.04 Å². The van der Waals surface area contributed by atoms with Crippen LogP contribution in [0.4, 0.5) is 0 Å². The Kier molecular flexibility index (Phi) is 6.70. The molecular formula is C25H24ClN5O2. The molecule has 0 fully saturated rings. The molecule has 168 valence electrons. The number of hydrogen-bond acceptors (Lipinski definition) is 4. The fourth-order valence-corrected chi connectivity index (χ4v) is 3.76. The maximum atomic E-state index is 13.2. The third-order valence-electron chi connectivity index (χ3n) is 5.29. The first kappa shape index (κ1) is 22.5. The summed E-state index contributed by atoms with van der Waals surface area (Å²) >= 11 is 6.35. The lowest BCUT2D eigenvalue weighted by Gasteiger charge is -2.14. The van der Waals surface area contributed by atoms with Crippen LogP contribution in [0.15, 0.2) is 66.9 Å². The van der Waals surface area contributed by atoms with Crippen molar-refractivity contribution < 1.29 is 9.59 Å². The Hall–Kier alpha value is -3.71. The van der Waals surface area contributed by atoms with Crippen LogP contribution in [0.1, 0.15) is 29.8 Å². The molecule has 33 heavy (non-hydrogen) atoms. The Labute approximate surface area is 196 Å². The van der Waals surface area contributed by atoms with Crippen molar-refractivity contribution >= 4 is 34.4 Å². The van der Waals surface area contributed by atoms with Gasteiger partial charge in [0.1, 0.15) is 6.04 Å². The number of likely N-dealkylation sites (N-methyl/N-ethyl adjacent to an activating group) is 1. The highest BCUT2D eigenvalue weighted by Gasteiger charge is 2.21. The highest BCUT2D eigenvalue weighted by molar-refractivity contribution is 6.31. The fourth-order valence-electron chi connectivity index (χ4n) is 3.56. The SMILES string of the molecule is CCNC(=O)[C@@H](C)NC(=O)c1cc(-c2ccccc2)nc2c1cnn2Cc1ccccc1Cl. The van der Waals surface area contributed by atoms with Gasteiger partial charge >= 0.3 is 0 Å². The van der Waals surface area contributed by atoms with E-state index in [4.69, 9.17) is 16.6 Å². The van der Waals surface area contributed by atoms with Crippen molar-refractivity contribution in [3.8, 4) is 11.3 Å². The number of halogens is 1. The van der Waals surface area contributed by atoms with E-state index in [9.17, 15) is 9.59 Å². The van der Waals surface area contributed by atoms with Crippen molar-refractivity contribution in [3.05, 3.63) is 83.0 Å². The minimum atomic E-state index is -0.681. The highest BCUT2D eigenvalue weighted by atomic mass is 35.5. The van der Waals surface area contributed by atoms with E-state index in [1.54, 1.807) is 23.9 Å². The number of benzene rings is 2. The van der Waals surface area contributed by atoms with Crippen LogP contribution in [0, 0.1) is 0 Å². The normalized spacial score (nSPS) is 11.8. The maximum Gasteiger partial charge on any atom is 0.252 e. The van der Waals surface area contributed by atoms with Crippen LogP contribution in [0.3, 0.4) is 0 Å². The Morgan fingerprint density at radius 2 is 1.82 bits per heavy atom. The van der Waals surface area contributed by atoms with E-state index in [2.05, 4.69) is 15.7 Å². The van der Waals surface area contributed by atoms with Crippen LogP contribution in [-0.4, -0.2) is 39.2 Å². The molecule has 2 amide bonds. The van der Waals surface area contributed by atoms with Gasteiger partial charge in [-0.2, -0.15) is 5.10 Å². The van der Waals surface area contributed by atoms with Crippen molar-refractivity contribution in [2.45, 2.75) is 26.4 Å². The topological polar surface area (TPSA) is 88.9 Å². The van der Waals surface area contributed by atoms with Crippen molar-refractivity contribution in [1.82, 2.24) is 25.4 Å². The van der Waals surface area contributed by atoms with Crippen molar-refractivity contribution in [2.24, 2.45) is 0 Å². The number of nitrogens with one attached hydrogen (secondary N) is 2. The number of rotatable bonds is 7. The molecule has 2 aromatic heterocycles. The van der Waals surface area contributed by atoms with Gasteiger partial charge in [-0.25, -0.2) is 9.67 Å². The van der Waals surface area contributed by atoms with Crippen LogP contribution in [0.2, 0.25) is 5.02 Å². The van der Waals surface area contributed by atoms with Gasteiger partial charge in [0, 0.05) is 17.1 Å². The third-order valence-corrected chi connectivity index (χ3v) is 5.66. The first-order chi connectivity index (χ1) is 16.0. The minimum Gasteiger partial charge on any atom is -0.355 e. The molecule has 0 unspecified atom stereocenters. The van der Waals surface area contributed by atoms with E-state index in [1.165, 1.54) is 0 Å². The number of carbonyl (C=O) groups is 2. The molecule has 0 aliphatic heterocycles. The summed E-state index contributed by atoms with van der Waals surface area (Å²) < 4.78 is 1.73. The van der Waals surface area contributed by atoms with Gasteiger partial charge in [0.2, 0.25) is 5.91 Å². The van der Waals surface area contributed by atoms with E-state index in [0.29, 0.717) is 40.4 Å². The predicted molar refractivity (Wildman–Crippen MR) is 129 cm³/mol. The summed E-state index contributed by atoms with van der Waals surface area (Å²) in [6, 6.07) is 18.2. The molecule has 2 aromatic carbocycles. The van der Waals surface area contributed by atoms with Crippen molar-refractivity contribution in [1.29, 1.82) is 0 Å². The largest absolute Gasteiger partial charge is 0.355 e. The molecule has 0 spiro atoms. The van der Waals surface area contributed by atoms with Gasteiger partial charge < -0.3 is 10.6 Å². The molecule has 0 bridgehead atoms. The van der Waals surface area contributed by atoms with Gasteiger partial charge in [-0.3, -0.25) is 9.59 Å². The predicted octanol–water partition coefficient (Wildman–Crippen LogP) is 4.05. The summed E-state index contributed by atoms with van der Waals surface area (Å²) in [5.41, 5.74) is 3.37. The van der Waals surface area contributed by atoms with E-state index in [0.717, 1.165) is 11.1 Å². The summed E-state index contributed by atoms with van der Waals surface area (Å²) in [4.78, 5) is 30.2. The molecule has 2 N–H and O–H groups in total. The smallest absolute Gasteiger partial charge is 0.252 e. The van der Waals surface area contributed by atoms with Gasteiger partial charge in [0.05, 0.1) is 29.4 Å². The molecule has 0 aliphatic rings. The average Bonchev–Trinajstić information content (AvgIpc) is 3.23. The molecule has 0 aliphatic carbocycles. The quantitative estimate of drug-likeness (QED) is 0.434. The number of hydrogen-bond donors (Lipinski definition) is 2. The first-order valence-electron chi connectivity index (χ1n) is 10.7. The zero-order valence-electron chi connectivity index (χ0n) is 18.4. The van der Waals surface area contributed by atoms with Crippen LogP contribution in [0.25, 0.3) is 22.3 Å². The van der Waals surface area contributed by atoms with E-state index in [-0.39, 0.29) is 11.8 Å². The zero-order chi connectivity index (χ0) is 23.4. The van der Waals surface area contributed by atoms with Gasteiger partial charge in [0.15, 0.2) is 5.65 Å². The Morgan fingerprint density at radius 3 is 2.55 bits per heavy atom. The van der Waals surface area contributed by atoms with Gasteiger partial charge in [-0.15, -0.1) is 0 Å². The molecule has 0 radical (unpaired) electrons. The second-order valence-electron chi connectivity index (χ2n) is 7.64. The molecule has 0 saturated heterocycles. The van der Waals surface area contributed by atoms with Gasteiger partial charge in [-0.05, 0) is 31.5 Å². The summed E-state index contributed by atoms with van der Waals surface area (Å²) in [7, 11) is 0. The molecule has 2 heterocycles. The van der Waals surface area contributed by atoms with Crippen LogP contribution in [-0.2, 0) is 11.3 Å². The van der Waals surface area contributed by atoms with Crippen molar-refractivity contribution in [2.75, 3.05) is 6.54 Å². The van der Waals surface area contributed by atoms with E-state index in [1.807, 2.05) is 61.5 Å². The zero-order valence-corrected chi connectivity index (χ0v) is 19.1. The molecule has 7 nitrogen and oxygen atoms in total. The van der Waals surface area contributed by atoms with Gasteiger partial charge in [-0.1, -0.05) is 60.1 Å². The Balaban J connectivity index is 1.78. The molecular weight excluding hydrogens is 438 g/mol. The number of nitrogens with zero attached hydrogens (tertiary/aromatic N) is 3. The second-order valence-corrected chi connectivity index (χ2v) is 8.05. The lowest BCUT2D eigenvalue weighted by atomic mass is 10.1. The number of aromatic nitrogens is 3. The summed E-state index contributed by atoms with van der Waals surface area (Å²) in [5, 5.41) is 11.2.